The highest BCUT2D eigenvalue weighted by Crippen LogP contribution is 2.01. The molecule has 2 aromatic heterocycles. The molecule has 2 rings (SSSR count). The standard InChI is InChI=1S/C10H11N5O2/c11-15-9-5-12-8(4-13-9)10(16)14-3-7-1-2-17-6-7/h1-2,4-6H,3,11H2,(H,13,15)(H,14,16). The van der Waals surface area contributed by atoms with E-state index in [1.165, 1.54) is 12.4 Å². The molecular formula is C10H11N5O2. The van der Waals surface area contributed by atoms with E-state index in [0.29, 0.717) is 12.4 Å². The number of aromatic nitrogens is 2. The zero-order chi connectivity index (χ0) is 12.1. The van der Waals surface area contributed by atoms with Crippen molar-refractivity contribution in [1.29, 1.82) is 0 Å². The minimum absolute atomic E-state index is 0.229. The van der Waals surface area contributed by atoms with Gasteiger partial charge >= 0.3 is 0 Å². The number of amides is 1. The maximum atomic E-state index is 11.6. The Hall–Kier alpha value is -2.41. The van der Waals surface area contributed by atoms with Crippen LogP contribution in [0.15, 0.2) is 35.4 Å². The molecule has 7 nitrogen and oxygen atoms in total. The van der Waals surface area contributed by atoms with E-state index in [9.17, 15) is 4.79 Å². The molecule has 0 aliphatic heterocycles. The van der Waals surface area contributed by atoms with E-state index in [2.05, 4.69) is 20.7 Å². The summed E-state index contributed by atoms with van der Waals surface area (Å²) in [5, 5.41) is 2.69. The van der Waals surface area contributed by atoms with Gasteiger partial charge in [-0.15, -0.1) is 0 Å². The molecule has 2 heterocycles. The average Bonchev–Trinajstić information content (AvgIpc) is 2.89. The summed E-state index contributed by atoms with van der Waals surface area (Å²) in [4.78, 5) is 19.4. The van der Waals surface area contributed by atoms with Crippen LogP contribution in [0.25, 0.3) is 0 Å². The first-order chi connectivity index (χ1) is 8.29. The first kappa shape index (κ1) is 11.1. The second-order valence-electron chi connectivity index (χ2n) is 3.25. The van der Waals surface area contributed by atoms with Gasteiger partial charge in [0, 0.05) is 12.1 Å². The van der Waals surface area contributed by atoms with Gasteiger partial charge in [0.25, 0.3) is 5.91 Å². The molecule has 0 saturated heterocycles. The summed E-state index contributed by atoms with van der Waals surface area (Å²) in [5.74, 6) is 5.23. The van der Waals surface area contributed by atoms with Crippen molar-refractivity contribution in [3.8, 4) is 0 Å². The van der Waals surface area contributed by atoms with Gasteiger partial charge in [-0.3, -0.25) is 4.79 Å². The van der Waals surface area contributed by atoms with Crippen LogP contribution >= 0.6 is 0 Å². The fourth-order valence-electron chi connectivity index (χ4n) is 1.19. The van der Waals surface area contributed by atoms with Gasteiger partial charge in [0.2, 0.25) is 0 Å². The molecule has 0 fully saturated rings. The lowest BCUT2D eigenvalue weighted by atomic mass is 10.3. The molecule has 1 amide bonds. The van der Waals surface area contributed by atoms with Crippen molar-refractivity contribution in [1.82, 2.24) is 15.3 Å². The number of furan rings is 1. The lowest BCUT2D eigenvalue weighted by Crippen LogP contribution is -2.24. The number of hydrogen-bond donors (Lipinski definition) is 3. The van der Waals surface area contributed by atoms with Crippen LogP contribution in [-0.2, 0) is 6.54 Å². The summed E-state index contributed by atoms with van der Waals surface area (Å²) in [6, 6.07) is 1.77. The number of anilines is 1. The van der Waals surface area contributed by atoms with E-state index >= 15 is 0 Å². The number of hydrogen-bond acceptors (Lipinski definition) is 6. The summed E-state index contributed by atoms with van der Waals surface area (Å²) < 4.78 is 4.88. The summed E-state index contributed by atoms with van der Waals surface area (Å²) in [6.07, 6.45) is 5.84. The molecule has 0 aliphatic rings. The topological polar surface area (TPSA) is 106 Å². The quantitative estimate of drug-likeness (QED) is 0.517. The summed E-state index contributed by atoms with van der Waals surface area (Å²) in [6.45, 7) is 0.383. The minimum atomic E-state index is -0.303. The van der Waals surface area contributed by atoms with Crippen molar-refractivity contribution in [2.75, 3.05) is 5.43 Å². The molecule has 7 heteroatoms. The first-order valence-electron chi connectivity index (χ1n) is 4.87. The molecule has 17 heavy (non-hydrogen) atoms. The fraction of sp³-hybridized carbons (Fsp3) is 0.100. The van der Waals surface area contributed by atoms with Gasteiger partial charge in [-0.05, 0) is 6.07 Å². The molecule has 0 radical (unpaired) electrons. The Morgan fingerprint density at radius 3 is 2.88 bits per heavy atom. The van der Waals surface area contributed by atoms with Gasteiger partial charge in [0.15, 0.2) is 5.82 Å². The van der Waals surface area contributed by atoms with Gasteiger partial charge < -0.3 is 15.2 Å². The lowest BCUT2D eigenvalue weighted by molar-refractivity contribution is 0.0945. The second-order valence-corrected chi connectivity index (χ2v) is 3.25. The van der Waals surface area contributed by atoms with Crippen LogP contribution in [-0.4, -0.2) is 15.9 Å². The van der Waals surface area contributed by atoms with Crippen molar-refractivity contribution < 1.29 is 9.21 Å². The molecule has 88 valence electrons. The van der Waals surface area contributed by atoms with Crippen LogP contribution in [0.2, 0.25) is 0 Å². The molecule has 0 atom stereocenters. The molecule has 0 aromatic carbocycles. The fourth-order valence-corrected chi connectivity index (χ4v) is 1.19. The Labute approximate surface area is 97.0 Å². The van der Waals surface area contributed by atoms with Gasteiger partial charge in [0.1, 0.15) is 5.69 Å². The van der Waals surface area contributed by atoms with Crippen molar-refractivity contribution >= 4 is 11.7 Å². The summed E-state index contributed by atoms with van der Waals surface area (Å²) in [5.41, 5.74) is 3.44. The molecule has 0 saturated carbocycles. The van der Waals surface area contributed by atoms with Gasteiger partial charge in [-0.1, -0.05) is 0 Å². The van der Waals surface area contributed by atoms with Crippen LogP contribution in [0.5, 0.6) is 0 Å². The highest BCUT2D eigenvalue weighted by molar-refractivity contribution is 5.91. The number of carbonyl (C=O) groups excluding carboxylic acids is 1. The maximum absolute atomic E-state index is 11.6. The third-order valence-electron chi connectivity index (χ3n) is 2.07. The predicted octanol–water partition coefficient (Wildman–Crippen LogP) is 0.285. The number of nitrogens with zero attached hydrogens (tertiary/aromatic N) is 2. The van der Waals surface area contributed by atoms with Crippen LogP contribution in [0.3, 0.4) is 0 Å². The predicted molar refractivity (Wildman–Crippen MR) is 59.7 cm³/mol. The number of nitrogen functional groups attached to an aromatic ring is 1. The third kappa shape index (κ3) is 2.79. The van der Waals surface area contributed by atoms with Crippen LogP contribution in [0.4, 0.5) is 5.82 Å². The normalized spacial score (nSPS) is 9.94. The Morgan fingerprint density at radius 2 is 2.29 bits per heavy atom. The van der Waals surface area contributed by atoms with E-state index in [-0.39, 0.29) is 11.6 Å². The number of carbonyl (C=O) groups is 1. The third-order valence-corrected chi connectivity index (χ3v) is 2.07. The van der Waals surface area contributed by atoms with Crippen molar-refractivity contribution in [3.63, 3.8) is 0 Å². The van der Waals surface area contributed by atoms with E-state index in [0.717, 1.165) is 5.56 Å². The van der Waals surface area contributed by atoms with E-state index < -0.39 is 0 Å². The Bertz CT molecular complexity index is 480. The summed E-state index contributed by atoms with van der Waals surface area (Å²) in [7, 11) is 0. The van der Waals surface area contributed by atoms with Crippen LogP contribution in [0.1, 0.15) is 16.1 Å². The Balaban J connectivity index is 1.95. The van der Waals surface area contributed by atoms with Crippen molar-refractivity contribution in [2.45, 2.75) is 6.54 Å². The first-order valence-corrected chi connectivity index (χ1v) is 4.87. The second kappa shape index (κ2) is 5.08. The van der Waals surface area contributed by atoms with Gasteiger partial charge in [-0.2, -0.15) is 0 Å². The summed E-state index contributed by atoms with van der Waals surface area (Å²) >= 11 is 0. The largest absolute Gasteiger partial charge is 0.472 e. The molecule has 2 aromatic rings. The highest BCUT2D eigenvalue weighted by atomic mass is 16.3. The van der Waals surface area contributed by atoms with Crippen LogP contribution in [0, 0.1) is 0 Å². The van der Waals surface area contributed by atoms with Crippen molar-refractivity contribution in [3.05, 3.63) is 42.2 Å². The number of rotatable bonds is 4. The smallest absolute Gasteiger partial charge is 0.271 e. The molecule has 0 unspecified atom stereocenters. The SMILES string of the molecule is NNc1cnc(C(=O)NCc2ccoc2)cn1. The lowest BCUT2D eigenvalue weighted by Gasteiger charge is -2.03. The van der Waals surface area contributed by atoms with E-state index in [1.54, 1.807) is 18.6 Å². The number of nitrogens with two attached hydrogens (primary N) is 1. The number of nitrogens with one attached hydrogen (secondary N) is 2. The van der Waals surface area contributed by atoms with Gasteiger partial charge in [0.05, 0.1) is 24.9 Å². The van der Waals surface area contributed by atoms with Gasteiger partial charge in [-0.25, -0.2) is 15.8 Å². The van der Waals surface area contributed by atoms with E-state index in [4.69, 9.17) is 10.3 Å². The van der Waals surface area contributed by atoms with Crippen LogP contribution < -0.4 is 16.6 Å². The Morgan fingerprint density at radius 1 is 1.41 bits per heavy atom. The molecular weight excluding hydrogens is 222 g/mol. The molecule has 0 spiro atoms. The monoisotopic (exact) mass is 233 g/mol. The average molecular weight is 233 g/mol. The minimum Gasteiger partial charge on any atom is -0.472 e. The molecule has 0 aliphatic carbocycles. The maximum Gasteiger partial charge on any atom is 0.271 e. The highest BCUT2D eigenvalue weighted by Gasteiger charge is 2.07. The molecule has 0 bridgehead atoms. The Kier molecular flexibility index (Phi) is 3.31. The van der Waals surface area contributed by atoms with Crippen molar-refractivity contribution in [2.24, 2.45) is 5.84 Å². The zero-order valence-corrected chi connectivity index (χ0v) is 8.88. The van der Waals surface area contributed by atoms with E-state index in [1.807, 2.05) is 0 Å². The molecule has 4 N–H and O–H groups in total. The zero-order valence-electron chi connectivity index (χ0n) is 8.88. The number of hydrazine groups is 1.